The molecule has 0 bridgehead atoms. The lowest BCUT2D eigenvalue weighted by molar-refractivity contribution is -0.234. The van der Waals surface area contributed by atoms with E-state index in [2.05, 4.69) is 4.74 Å². The van der Waals surface area contributed by atoms with Gasteiger partial charge in [0.05, 0.1) is 13.7 Å². The van der Waals surface area contributed by atoms with Crippen LogP contribution in [-0.2, 0) is 14.3 Å². The molecule has 0 spiro atoms. The molecule has 1 aliphatic rings. The first kappa shape index (κ1) is 12.3. The predicted molar refractivity (Wildman–Crippen MR) is 45.8 cm³/mol. The fourth-order valence-corrected chi connectivity index (χ4v) is 1.41. The topological polar surface area (TPSA) is 116 Å². The van der Waals surface area contributed by atoms with Crippen LogP contribution in [0.5, 0.6) is 0 Å². The molecule has 15 heavy (non-hydrogen) atoms. The molecule has 0 aliphatic carbocycles. The highest BCUT2D eigenvalue weighted by Crippen LogP contribution is 2.21. The average Bonchev–Trinajstić information content (AvgIpc) is 2.25. The maximum Gasteiger partial charge on any atom is 0.337 e. The van der Waals surface area contributed by atoms with E-state index >= 15 is 0 Å². The highest BCUT2D eigenvalue weighted by molar-refractivity contribution is 5.75. The number of ether oxygens (including phenoxy) is 2. The average molecular weight is 222 g/mol. The maximum atomic E-state index is 11.1. The van der Waals surface area contributed by atoms with Crippen LogP contribution >= 0.6 is 0 Å². The summed E-state index contributed by atoms with van der Waals surface area (Å²) in [4.78, 5) is 11.1. The number of carbonyl (C=O) groups is 1. The molecule has 88 valence electrons. The summed E-state index contributed by atoms with van der Waals surface area (Å²) >= 11 is 0. The normalized spacial score (nSPS) is 41.3. The largest absolute Gasteiger partial charge is 0.467 e. The Balaban J connectivity index is 2.78. The minimum absolute atomic E-state index is 0.571. The van der Waals surface area contributed by atoms with E-state index in [-0.39, 0.29) is 0 Å². The van der Waals surface area contributed by atoms with Gasteiger partial charge < -0.3 is 29.9 Å². The third kappa shape index (κ3) is 2.27. The van der Waals surface area contributed by atoms with Gasteiger partial charge in [0.1, 0.15) is 24.4 Å². The maximum absolute atomic E-state index is 11.1. The third-order valence-electron chi connectivity index (χ3n) is 2.33. The second kappa shape index (κ2) is 4.86. The molecular weight excluding hydrogens is 208 g/mol. The van der Waals surface area contributed by atoms with Gasteiger partial charge in [-0.2, -0.15) is 0 Å². The summed E-state index contributed by atoms with van der Waals surface area (Å²) < 4.78 is 9.24. The first-order valence-corrected chi connectivity index (χ1v) is 4.41. The van der Waals surface area contributed by atoms with Gasteiger partial charge in [-0.15, -0.1) is 0 Å². The summed E-state index contributed by atoms with van der Waals surface area (Å²) in [6.45, 7) is -0.571. The Hall–Kier alpha value is -0.730. The van der Waals surface area contributed by atoms with Gasteiger partial charge in [0.15, 0.2) is 6.10 Å². The predicted octanol–water partition coefficient (Wildman–Crippen LogP) is -3.00. The van der Waals surface area contributed by atoms with Crippen LogP contribution in [0.3, 0.4) is 0 Å². The standard InChI is InChI=1S/C8H14O7/c1-14-8(13)7-6(12)5(11)4(10)3(2-9)15-7/h3-7,9-12H,2H2,1H3/t3-,4-,5+,6-,7+/m0/s1. The van der Waals surface area contributed by atoms with Crippen LogP contribution in [0.15, 0.2) is 0 Å². The molecule has 1 saturated heterocycles. The third-order valence-corrected chi connectivity index (χ3v) is 2.33. The van der Waals surface area contributed by atoms with E-state index in [9.17, 15) is 20.1 Å². The number of esters is 1. The van der Waals surface area contributed by atoms with Crippen molar-refractivity contribution < 1.29 is 34.7 Å². The minimum Gasteiger partial charge on any atom is -0.467 e. The van der Waals surface area contributed by atoms with E-state index in [0.717, 1.165) is 7.11 Å². The molecule has 0 saturated carbocycles. The molecule has 0 radical (unpaired) electrons. The molecule has 0 unspecified atom stereocenters. The van der Waals surface area contributed by atoms with Gasteiger partial charge in [0.25, 0.3) is 0 Å². The smallest absolute Gasteiger partial charge is 0.337 e. The van der Waals surface area contributed by atoms with E-state index in [1.54, 1.807) is 0 Å². The van der Waals surface area contributed by atoms with Crippen LogP contribution in [0.1, 0.15) is 0 Å². The molecule has 4 N–H and O–H groups in total. The summed E-state index contributed by atoms with van der Waals surface area (Å²) in [5.41, 5.74) is 0. The number of aliphatic hydroxyl groups is 4. The fourth-order valence-electron chi connectivity index (χ4n) is 1.41. The minimum atomic E-state index is -1.57. The molecule has 1 heterocycles. The molecule has 7 heteroatoms. The van der Waals surface area contributed by atoms with Gasteiger partial charge in [0.2, 0.25) is 0 Å². The zero-order chi connectivity index (χ0) is 11.6. The Morgan fingerprint density at radius 1 is 1.27 bits per heavy atom. The second-order valence-corrected chi connectivity index (χ2v) is 3.27. The molecule has 0 aromatic heterocycles. The van der Waals surface area contributed by atoms with Gasteiger partial charge in [-0.05, 0) is 0 Å². The first-order valence-electron chi connectivity index (χ1n) is 4.41. The lowest BCUT2D eigenvalue weighted by Crippen LogP contribution is -2.60. The van der Waals surface area contributed by atoms with Crippen LogP contribution in [-0.4, -0.2) is 70.6 Å². The summed E-state index contributed by atoms with van der Waals surface area (Å²) in [5, 5.41) is 36.9. The molecule has 0 amide bonds. The zero-order valence-electron chi connectivity index (χ0n) is 8.11. The Morgan fingerprint density at radius 2 is 1.87 bits per heavy atom. The number of methoxy groups -OCH3 is 1. The van der Waals surface area contributed by atoms with Crippen molar-refractivity contribution in [3.05, 3.63) is 0 Å². The summed E-state index contributed by atoms with van der Waals surface area (Å²) in [7, 11) is 1.10. The van der Waals surface area contributed by atoms with E-state index in [1.165, 1.54) is 0 Å². The molecule has 7 nitrogen and oxygen atoms in total. The zero-order valence-corrected chi connectivity index (χ0v) is 8.11. The SMILES string of the molecule is COC(=O)[C@@H]1O[C@@H](CO)[C@H](O)[C@@H](O)[C@@H]1O. The summed E-state index contributed by atoms with van der Waals surface area (Å²) in [6, 6.07) is 0. The lowest BCUT2D eigenvalue weighted by Gasteiger charge is -2.38. The van der Waals surface area contributed by atoms with Crippen LogP contribution in [0.25, 0.3) is 0 Å². The molecule has 1 aliphatic heterocycles. The quantitative estimate of drug-likeness (QED) is 0.368. The van der Waals surface area contributed by atoms with Crippen molar-refractivity contribution in [2.45, 2.75) is 30.5 Å². The monoisotopic (exact) mass is 222 g/mol. The summed E-state index contributed by atoms with van der Waals surface area (Å²) in [6.07, 6.45) is -7.08. The molecule has 5 atom stereocenters. The van der Waals surface area contributed by atoms with Gasteiger partial charge >= 0.3 is 5.97 Å². The molecule has 0 aromatic rings. The van der Waals surface area contributed by atoms with E-state index in [4.69, 9.17) is 9.84 Å². The molecule has 0 aromatic carbocycles. The van der Waals surface area contributed by atoms with Crippen LogP contribution in [0, 0.1) is 0 Å². The van der Waals surface area contributed by atoms with Crippen molar-refractivity contribution in [1.29, 1.82) is 0 Å². The molecule has 1 rings (SSSR count). The number of hydrogen-bond acceptors (Lipinski definition) is 7. The van der Waals surface area contributed by atoms with Crippen molar-refractivity contribution in [2.75, 3.05) is 13.7 Å². The molecular formula is C8H14O7. The lowest BCUT2D eigenvalue weighted by atomic mass is 9.95. The van der Waals surface area contributed by atoms with Gasteiger partial charge in [-0.25, -0.2) is 4.79 Å². The number of aliphatic hydroxyl groups excluding tert-OH is 4. The van der Waals surface area contributed by atoms with Crippen LogP contribution < -0.4 is 0 Å². The van der Waals surface area contributed by atoms with Crippen molar-refractivity contribution in [3.63, 3.8) is 0 Å². The fraction of sp³-hybridized carbons (Fsp3) is 0.875. The van der Waals surface area contributed by atoms with Crippen LogP contribution in [0.2, 0.25) is 0 Å². The Bertz CT molecular complexity index is 229. The van der Waals surface area contributed by atoms with Gasteiger partial charge in [-0.3, -0.25) is 0 Å². The van der Waals surface area contributed by atoms with Crippen molar-refractivity contribution in [3.8, 4) is 0 Å². The number of carbonyl (C=O) groups excluding carboxylic acids is 1. The van der Waals surface area contributed by atoms with Crippen molar-refractivity contribution in [2.24, 2.45) is 0 Å². The number of rotatable bonds is 2. The van der Waals surface area contributed by atoms with Gasteiger partial charge in [-0.1, -0.05) is 0 Å². The van der Waals surface area contributed by atoms with Crippen LogP contribution in [0.4, 0.5) is 0 Å². The first-order chi connectivity index (χ1) is 7.02. The van der Waals surface area contributed by atoms with E-state index in [1.807, 2.05) is 0 Å². The van der Waals surface area contributed by atoms with E-state index in [0.29, 0.717) is 0 Å². The Morgan fingerprint density at radius 3 is 2.33 bits per heavy atom. The summed E-state index contributed by atoms with van der Waals surface area (Å²) in [5.74, 6) is -0.869. The van der Waals surface area contributed by atoms with Crippen molar-refractivity contribution >= 4 is 5.97 Å². The molecule has 1 fully saturated rings. The number of hydrogen-bond donors (Lipinski definition) is 4. The van der Waals surface area contributed by atoms with Crippen molar-refractivity contribution in [1.82, 2.24) is 0 Å². The highest BCUT2D eigenvalue weighted by Gasteiger charge is 2.46. The highest BCUT2D eigenvalue weighted by atomic mass is 16.6. The van der Waals surface area contributed by atoms with E-state index < -0.39 is 43.1 Å². The Labute approximate surface area is 85.9 Å². The van der Waals surface area contributed by atoms with Gasteiger partial charge in [0, 0.05) is 0 Å². The second-order valence-electron chi connectivity index (χ2n) is 3.27. The Kier molecular flexibility index (Phi) is 4.00.